The van der Waals surface area contributed by atoms with E-state index in [0.717, 1.165) is 14.8 Å². The van der Waals surface area contributed by atoms with Crippen molar-refractivity contribution in [2.75, 3.05) is 5.32 Å². The molecular formula is C16H13N5O2S. The van der Waals surface area contributed by atoms with Crippen LogP contribution in [0.15, 0.2) is 46.1 Å². The lowest BCUT2D eigenvalue weighted by molar-refractivity contribution is 0.708. The van der Waals surface area contributed by atoms with Crippen LogP contribution in [0.3, 0.4) is 0 Å². The van der Waals surface area contributed by atoms with E-state index in [9.17, 15) is 9.59 Å². The van der Waals surface area contributed by atoms with E-state index in [4.69, 9.17) is 0 Å². The summed E-state index contributed by atoms with van der Waals surface area (Å²) in [5.41, 5.74) is 1.02. The highest BCUT2D eigenvalue weighted by Gasteiger charge is 2.14. The van der Waals surface area contributed by atoms with Crippen LogP contribution in [0, 0.1) is 0 Å². The first kappa shape index (κ1) is 14.6. The highest BCUT2D eigenvalue weighted by Crippen LogP contribution is 2.29. The number of pyridine rings is 1. The van der Waals surface area contributed by atoms with Gasteiger partial charge in [0.25, 0.3) is 5.56 Å². The molecular weight excluding hydrogens is 326 g/mol. The first-order valence-corrected chi connectivity index (χ1v) is 8.05. The summed E-state index contributed by atoms with van der Waals surface area (Å²) in [7, 11) is 3.05. The number of aryl methyl sites for hydroxylation is 1. The molecule has 0 spiro atoms. The Morgan fingerprint density at radius 1 is 1.08 bits per heavy atom. The fourth-order valence-electron chi connectivity index (χ4n) is 2.63. The fourth-order valence-corrected chi connectivity index (χ4v) is 3.51. The molecule has 3 heterocycles. The first-order chi connectivity index (χ1) is 11.6. The lowest BCUT2D eigenvalue weighted by atomic mass is 10.2. The van der Waals surface area contributed by atoms with Crippen molar-refractivity contribution in [3.63, 3.8) is 0 Å². The molecule has 0 unspecified atom stereocenters. The van der Waals surface area contributed by atoms with Gasteiger partial charge < -0.3 is 5.32 Å². The van der Waals surface area contributed by atoms with Gasteiger partial charge in [-0.05, 0) is 18.2 Å². The Hall–Kier alpha value is -3.00. The summed E-state index contributed by atoms with van der Waals surface area (Å²) in [6.07, 6.45) is 1.57. The van der Waals surface area contributed by atoms with Gasteiger partial charge in [0.1, 0.15) is 5.39 Å². The molecule has 0 aliphatic rings. The van der Waals surface area contributed by atoms with Crippen LogP contribution in [-0.2, 0) is 14.1 Å². The van der Waals surface area contributed by atoms with Gasteiger partial charge in [-0.25, -0.2) is 14.8 Å². The Bertz CT molecular complexity index is 1170. The SMILES string of the molecule is Cn1c(=O)c2c(Nc3nc4ccccc4s3)ccnc2n(C)c1=O. The van der Waals surface area contributed by atoms with Gasteiger partial charge in [0.2, 0.25) is 0 Å². The van der Waals surface area contributed by atoms with Crippen molar-refractivity contribution in [3.05, 3.63) is 57.4 Å². The van der Waals surface area contributed by atoms with Gasteiger partial charge in [0.15, 0.2) is 10.8 Å². The minimum Gasteiger partial charge on any atom is -0.331 e. The topological polar surface area (TPSA) is 81.8 Å². The molecule has 8 heteroatoms. The number of hydrogen-bond acceptors (Lipinski definition) is 6. The van der Waals surface area contributed by atoms with Crippen LogP contribution in [0.2, 0.25) is 0 Å². The number of aromatic nitrogens is 4. The van der Waals surface area contributed by atoms with E-state index in [1.165, 1.54) is 23.0 Å². The van der Waals surface area contributed by atoms with Crippen LogP contribution >= 0.6 is 11.3 Å². The average Bonchev–Trinajstić information content (AvgIpc) is 3.00. The standard InChI is InChI=1S/C16H13N5O2S/c1-20-13-12(14(22)21(2)16(20)23)10(7-8-17-13)19-15-18-9-5-3-4-6-11(9)24-15/h3-8H,1-2H3,(H,17,18,19). The number of benzene rings is 1. The molecule has 0 amide bonds. The lowest BCUT2D eigenvalue weighted by Gasteiger charge is -2.10. The summed E-state index contributed by atoms with van der Waals surface area (Å²) < 4.78 is 3.49. The van der Waals surface area contributed by atoms with Crippen LogP contribution in [0.4, 0.5) is 10.8 Å². The quantitative estimate of drug-likeness (QED) is 0.604. The molecule has 0 bridgehead atoms. The zero-order chi connectivity index (χ0) is 16.8. The summed E-state index contributed by atoms with van der Waals surface area (Å²) >= 11 is 1.50. The summed E-state index contributed by atoms with van der Waals surface area (Å²) in [6.45, 7) is 0. The second-order valence-electron chi connectivity index (χ2n) is 5.37. The van der Waals surface area contributed by atoms with Crippen LogP contribution in [-0.4, -0.2) is 19.1 Å². The van der Waals surface area contributed by atoms with Gasteiger partial charge in [-0.15, -0.1) is 0 Å². The third kappa shape index (κ3) is 2.11. The van der Waals surface area contributed by atoms with Crippen LogP contribution in [0.25, 0.3) is 21.3 Å². The molecule has 7 nitrogen and oxygen atoms in total. The zero-order valence-electron chi connectivity index (χ0n) is 13.0. The van der Waals surface area contributed by atoms with Crippen molar-refractivity contribution in [2.45, 2.75) is 0 Å². The predicted octanol–water partition coefficient (Wildman–Crippen LogP) is 1.99. The smallest absolute Gasteiger partial charge is 0.331 e. The van der Waals surface area contributed by atoms with Gasteiger partial charge in [-0.2, -0.15) is 0 Å². The maximum absolute atomic E-state index is 12.5. The molecule has 24 heavy (non-hydrogen) atoms. The first-order valence-electron chi connectivity index (χ1n) is 7.23. The molecule has 0 saturated heterocycles. The fraction of sp³-hybridized carbons (Fsp3) is 0.125. The van der Waals surface area contributed by atoms with Gasteiger partial charge in [-0.1, -0.05) is 23.5 Å². The Morgan fingerprint density at radius 2 is 1.88 bits per heavy atom. The number of fused-ring (bicyclic) bond motifs is 2. The normalized spacial score (nSPS) is 11.2. The second kappa shape index (κ2) is 5.27. The maximum atomic E-state index is 12.5. The third-order valence-electron chi connectivity index (χ3n) is 3.88. The highest BCUT2D eigenvalue weighted by molar-refractivity contribution is 7.22. The number of hydrogen-bond donors (Lipinski definition) is 1. The molecule has 1 N–H and O–H groups in total. The van der Waals surface area contributed by atoms with Crippen molar-refractivity contribution in [1.82, 2.24) is 19.1 Å². The van der Waals surface area contributed by atoms with Gasteiger partial charge in [0, 0.05) is 20.3 Å². The molecule has 0 saturated carbocycles. The molecule has 0 fully saturated rings. The third-order valence-corrected chi connectivity index (χ3v) is 4.83. The Morgan fingerprint density at radius 3 is 2.67 bits per heavy atom. The molecule has 0 radical (unpaired) electrons. The molecule has 120 valence electrons. The second-order valence-corrected chi connectivity index (χ2v) is 6.41. The molecule has 0 aliphatic carbocycles. The summed E-state index contributed by atoms with van der Waals surface area (Å²) in [4.78, 5) is 33.3. The van der Waals surface area contributed by atoms with Crippen molar-refractivity contribution < 1.29 is 0 Å². The van der Waals surface area contributed by atoms with Gasteiger partial charge in [-0.3, -0.25) is 13.9 Å². The molecule has 3 aromatic heterocycles. The summed E-state index contributed by atoms with van der Waals surface area (Å²) in [5.74, 6) is 0. The molecule has 4 aromatic rings. The van der Waals surface area contributed by atoms with Crippen molar-refractivity contribution in [1.29, 1.82) is 0 Å². The van der Waals surface area contributed by atoms with Crippen molar-refractivity contribution >= 4 is 43.4 Å². The monoisotopic (exact) mass is 339 g/mol. The number of nitrogens with zero attached hydrogens (tertiary/aromatic N) is 4. The van der Waals surface area contributed by atoms with Crippen LogP contribution in [0.1, 0.15) is 0 Å². The number of para-hydroxylation sites is 1. The van der Waals surface area contributed by atoms with Gasteiger partial charge in [0.05, 0.1) is 15.9 Å². The van der Waals surface area contributed by atoms with Gasteiger partial charge >= 0.3 is 5.69 Å². The van der Waals surface area contributed by atoms with E-state index >= 15 is 0 Å². The van der Waals surface area contributed by atoms with E-state index in [1.807, 2.05) is 24.3 Å². The van der Waals surface area contributed by atoms with E-state index in [0.29, 0.717) is 21.9 Å². The average molecular weight is 339 g/mol. The van der Waals surface area contributed by atoms with E-state index in [-0.39, 0.29) is 5.56 Å². The Kier molecular flexibility index (Phi) is 3.20. The van der Waals surface area contributed by atoms with Crippen LogP contribution < -0.4 is 16.6 Å². The highest BCUT2D eigenvalue weighted by atomic mass is 32.1. The molecule has 4 rings (SSSR count). The van der Waals surface area contributed by atoms with Crippen molar-refractivity contribution in [2.24, 2.45) is 14.1 Å². The molecule has 0 aliphatic heterocycles. The molecule has 1 aromatic carbocycles. The number of nitrogens with one attached hydrogen (secondary N) is 1. The predicted molar refractivity (Wildman–Crippen MR) is 95.1 cm³/mol. The summed E-state index contributed by atoms with van der Waals surface area (Å²) in [5, 5.41) is 4.23. The van der Waals surface area contributed by atoms with Crippen molar-refractivity contribution in [3.8, 4) is 0 Å². The lowest BCUT2D eigenvalue weighted by Crippen LogP contribution is -2.37. The Labute approximate surface area is 139 Å². The number of thiazole rings is 1. The maximum Gasteiger partial charge on any atom is 0.332 e. The van der Waals surface area contributed by atoms with E-state index in [2.05, 4.69) is 15.3 Å². The Balaban J connectivity index is 1.94. The zero-order valence-corrected chi connectivity index (χ0v) is 13.8. The van der Waals surface area contributed by atoms with E-state index < -0.39 is 5.69 Å². The largest absolute Gasteiger partial charge is 0.332 e. The minimum atomic E-state index is -0.405. The summed E-state index contributed by atoms with van der Waals surface area (Å²) in [6, 6.07) is 9.52. The van der Waals surface area contributed by atoms with Crippen LogP contribution in [0.5, 0.6) is 0 Å². The molecule has 0 atom stereocenters. The minimum absolute atomic E-state index is 0.342. The van der Waals surface area contributed by atoms with E-state index in [1.54, 1.807) is 19.3 Å². The number of rotatable bonds is 2. The number of anilines is 2.